The molecule has 4 aromatic rings. The van der Waals surface area contributed by atoms with E-state index in [0.29, 0.717) is 21.3 Å². The quantitative estimate of drug-likeness (QED) is 0.179. The van der Waals surface area contributed by atoms with Crippen molar-refractivity contribution in [2.75, 3.05) is 10.8 Å². The van der Waals surface area contributed by atoms with Crippen molar-refractivity contribution in [2.45, 2.75) is 64.1 Å². The van der Waals surface area contributed by atoms with Crippen LogP contribution in [0.2, 0.25) is 10.0 Å². The maximum Gasteiger partial charge on any atom is 0.264 e. The van der Waals surface area contributed by atoms with Gasteiger partial charge in [0.05, 0.1) is 10.6 Å². The van der Waals surface area contributed by atoms with Crippen molar-refractivity contribution < 1.29 is 18.0 Å². The zero-order chi connectivity index (χ0) is 33.6. The molecule has 0 saturated carbocycles. The van der Waals surface area contributed by atoms with Crippen LogP contribution in [-0.2, 0) is 32.6 Å². The van der Waals surface area contributed by atoms with Gasteiger partial charge in [0.25, 0.3) is 10.0 Å². The Bertz CT molecular complexity index is 1770. The Kier molecular flexibility index (Phi) is 11.2. The Morgan fingerprint density at radius 1 is 0.804 bits per heavy atom. The van der Waals surface area contributed by atoms with E-state index in [9.17, 15) is 18.0 Å². The van der Waals surface area contributed by atoms with Crippen LogP contribution in [0.25, 0.3) is 0 Å². The molecule has 7 nitrogen and oxygen atoms in total. The van der Waals surface area contributed by atoms with E-state index in [4.69, 9.17) is 23.2 Å². The van der Waals surface area contributed by atoms with Crippen molar-refractivity contribution in [1.82, 2.24) is 10.2 Å². The van der Waals surface area contributed by atoms with Crippen LogP contribution in [-0.4, -0.2) is 43.3 Å². The number of carbonyl (C=O) groups is 2. The van der Waals surface area contributed by atoms with Crippen LogP contribution in [0.1, 0.15) is 43.0 Å². The molecular weight excluding hydrogens is 641 g/mol. The number of hydrogen-bond acceptors (Lipinski definition) is 4. The molecule has 0 aromatic heterocycles. The molecule has 1 N–H and O–H groups in total. The summed E-state index contributed by atoms with van der Waals surface area (Å²) in [6.45, 7) is 8.68. The molecular formula is C36H39Cl2N3O4S. The zero-order valence-electron chi connectivity index (χ0n) is 26.6. The number of nitrogens with one attached hydrogen (secondary N) is 1. The molecule has 0 heterocycles. The number of halogens is 2. The van der Waals surface area contributed by atoms with Gasteiger partial charge in [-0.05, 0) is 87.7 Å². The van der Waals surface area contributed by atoms with Crippen LogP contribution in [0.3, 0.4) is 0 Å². The fourth-order valence-electron chi connectivity index (χ4n) is 4.99. The normalized spacial score (nSPS) is 12.3. The number of rotatable bonds is 11. The minimum absolute atomic E-state index is 0.0352. The highest BCUT2D eigenvalue weighted by Gasteiger charge is 2.36. The van der Waals surface area contributed by atoms with E-state index in [1.54, 1.807) is 48.5 Å². The number of hydrogen-bond donors (Lipinski definition) is 1. The number of sulfonamides is 1. The van der Waals surface area contributed by atoms with Crippen LogP contribution in [0.4, 0.5) is 5.69 Å². The molecule has 0 bridgehead atoms. The predicted octanol–water partition coefficient (Wildman–Crippen LogP) is 7.36. The highest BCUT2D eigenvalue weighted by Crippen LogP contribution is 2.30. The Morgan fingerprint density at radius 2 is 1.39 bits per heavy atom. The molecule has 242 valence electrons. The maximum absolute atomic E-state index is 14.6. The third-order valence-corrected chi connectivity index (χ3v) is 10.0. The van der Waals surface area contributed by atoms with E-state index in [0.717, 1.165) is 21.0 Å². The van der Waals surface area contributed by atoms with Crippen molar-refractivity contribution in [2.24, 2.45) is 0 Å². The fourth-order valence-corrected chi connectivity index (χ4v) is 6.93. The van der Waals surface area contributed by atoms with Crippen LogP contribution >= 0.6 is 23.2 Å². The van der Waals surface area contributed by atoms with Crippen molar-refractivity contribution in [3.05, 3.63) is 129 Å². The number of carbonyl (C=O) groups excluding carboxylic acids is 2. The Balaban J connectivity index is 1.86. The second-order valence-corrected chi connectivity index (χ2v) is 14.9. The standard InChI is InChI=1S/C36H39Cl2N3O4S/c1-25-19-20-28(21-26(25)2)41(46(44,45)29-15-10-7-11-16-29)24-34(42)40(23-30-31(37)17-12-18-32(30)38)33(35(43)39-36(3,4)5)22-27-13-8-6-9-14-27/h6-21,33H,22-24H2,1-5H3,(H,39,43)/t33-/m1/s1. The van der Waals surface area contributed by atoms with Crippen molar-refractivity contribution in [1.29, 1.82) is 0 Å². The van der Waals surface area contributed by atoms with Crippen molar-refractivity contribution >= 4 is 50.7 Å². The van der Waals surface area contributed by atoms with Gasteiger partial charge in [0.15, 0.2) is 0 Å². The first kappa shape index (κ1) is 35.0. The molecule has 0 radical (unpaired) electrons. The molecule has 4 rings (SSSR count). The lowest BCUT2D eigenvalue weighted by Gasteiger charge is -2.35. The SMILES string of the molecule is Cc1ccc(N(CC(=O)N(Cc2c(Cl)cccc2Cl)[C@H](Cc2ccccc2)C(=O)NC(C)(C)C)S(=O)(=O)c2ccccc2)cc1C. The van der Waals surface area contributed by atoms with Gasteiger partial charge in [-0.2, -0.15) is 0 Å². The maximum atomic E-state index is 14.6. The molecule has 2 amide bonds. The highest BCUT2D eigenvalue weighted by molar-refractivity contribution is 7.92. The minimum atomic E-state index is -4.20. The average Bonchev–Trinajstić information content (AvgIpc) is 3.00. The lowest BCUT2D eigenvalue weighted by atomic mass is 10.0. The van der Waals surface area contributed by atoms with E-state index in [-0.39, 0.29) is 17.9 Å². The summed E-state index contributed by atoms with van der Waals surface area (Å²) >= 11 is 13.2. The lowest BCUT2D eigenvalue weighted by Crippen LogP contribution is -2.56. The molecule has 0 spiro atoms. The zero-order valence-corrected chi connectivity index (χ0v) is 29.0. The van der Waals surface area contributed by atoms with Gasteiger partial charge in [0, 0.05) is 34.1 Å². The topological polar surface area (TPSA) is 86.8 Å². The van der Waals surface area contributed by atoms with Crippen molar-refractivity contribution in [3.63, 3.8) is 0 Å². The molecule has 46 heavy (non-hydrogen) atoms. The fraction of sp³-hybridized carbons (Fsp3) is 0.278. The summed E-state index contributed by atoms with van der Waals surface area (Å²) in [5.41, 5.74) is 2.83. The van der Waals surface area contributed by atoms with Gasteiger partial charge in [-0.25, -0.2) is 8.42 Å². The largest absolute Gasteiger partial charge is 0.350 e. The van der Waals surface area contributed by atoms with Gasteiger partial charge in [0.2, 0.25) is 11.8 Å². The van der Waals surface area contributed by atoms with E-state index in [1.807, 2.05) is 71.0 Å². The summed E-state index contributed by atoms with van der Waals surface area (Å²) in [5.74, 6) is -0.991. The average molecular weight is 681 g/mol. The smallest absolute Gasteiger partial charge is 0.264 e. The summed E-state index contributed by atoms with van der Waals surface area (Å²) in [4.78, 5) is 30.1. The Labute approximate surface area is 282 Å². The summed E-state index contributed by atoms with van der Waals surface area (Å²) in [6, 6.07) is 26.5. The molecule has 1 atom stereocenters. The third-order valence-electron chi connectivity index (χ3n) is 7.55. The van der Waals surface area contributed by atoms with E-state index in [2.05, 4.69) is 5.32 Å². The number of anilines is 1. The first-order valence-corrected chi connectivity index (χ1v) is 17.1. The van der Waals surface area contributed by atoms with Gasteiger partial charge < -0.3 is 10.2 Å². The number of nitrogens with zero attached hydrogens (tertiary/aromatic N) is 2. The molecule has 0 aliphatic carbocycles. The first-order chi connectivity index (χ1) is 21.7. The van der Waals surface area contributed by atoms with Crippen LogP contribution < -0.4 is 9.62 Å². The molecule has 0 saturated heterocycles. The molecule has 0 aliphatic heterocycles. The molecule has 0 aliphatic rings. The summed E-state index contributed by atoms with van der Waals surface area (Å²) in [6.07, 6.45) is 0.172. The summed E-state index contributed by atoms with van der Waals surface area (Å²) < 4.78 is 29.4. The number of aryl methyl sites for hydroxylation is 2. The van der Waals surface area contributed by atoms with Gasteiger partial charge in [-0.15, -0.1) is 0 Å². The lowest BCUT2D eigenvalue weighted by molar-refractivity contribution is -0.140. The van der Waals surface area contributed by atoms with Gasteiger partial charge >= 0.3 is 0 Å². The van der Waals surface area contributed by atoms with Gasteiger partial charge in [0.1, 0.15) is 12.6 Å². The van der Waals surface area contributed by atoms with Crippen LogP contribution in [0.15, 0.2) is 102 Å². The molecule has 0 fully saturated rings. The van der Waals surface area contributed by atoms with Gasteiger partial charge in [-0.1, -0.05) is 83.9 Å². The third kappa shape index (κ3) is 8.69. The van der Waals surface area contributed by atoms with E-state index < -0.39 is 40.0 Å². The second-order valence-electron chi connectivity index (χ2n) is 12.3. The van der Waals surface area contributed by atoms with Gasteiger partial charge in [-0.3, -0.25) is 13.9 Å². The number of amides is 2. The van der Waals surface area contributed by atoms with Crippen LogP contribution in [0.5, 0.6) is 0 Å². The molecule has 4 aromatic carbocycles. The summed E-state index contributed by atoms with van der Waals surface area (Å²) in [7, 11) is -4.20. The minimum Gasteiger partial charge on any atom is -0.350 e. The highest BCUT2D eigenvalue weighted by atomic mass is 35.5. The second kappa shape index (κ2) is 14.7. The van der Waals surface area contributed by atoms with Crippen LogP contribution in [0, 0.1) is 13.8 Å². The van der Waals surface area contributed by atoms with E-state index >= 15 is 0 Å². The Morgan fingerprint density at radius 3 is 1.96 bits per heavy atom. The molecule has 10 heteroatoms. The predicted molar refractivity (Wildman–Crippen MR) is 186 cm³/mol. The first-order valence-electron chi connectivity index (χ1n) is 14.9. The molecule has 0 unspecified atom stereocenters. The Hall–Kier alpha value is -3.85. The van der Waals surface area contributed by atoms with Crippen molar-refractivity contribution in [3.8, 4) is 0 Å². The number of benzene rings is 4. The monoisotopic (exact) mass is 679 g/mol. The summed E-state index contributed by atoms with van der Waals surface area (Å²) in [5, 5.41) is 3.66. The van der Waals surface area contributed by atoms with E-state index in [1.165, 1.54) is 17.0 Å².